The van der Waals surface area contributed by atoms with E-state index in [-0.39, 0.29) is 12.0 Å². The minimum absolute atomic E-state index is 0.260. The predicted octanol–water partition coefficient (Wildman–Crippen LogP) is 1.41. The van der Waals surface area contributed by atoms with Crippen molar-refractivity contribution < 1.29 is 9.53 Å². The van der Waals surface area contributed by atoms with E-state index in [1.54, 1.807) is 18.7 Å². The van der Waals surface area contributed by atoms with Gasteiger partial charge < -0.3 is 10.1 Å². The fraction of sp³-hybridized carbons (Fsp3) is 0.800. The number of hydrogen-bond acceptors (Lipinski definition) is 5. The van der Waals surface area contributed by atoms with Crippen LogP contribution < -0.4 is 5.32 Å². The Labute approximate surface area is 94.9 Å². The van der Waals surface area contributed by atoms with Gasteiger partial charge in [0, 0.05) is 5.25 Å². The van der Waals surface area contributed by atoms with E-state index in [1.165, 1.54) is 7.11 Å². The highest BCUT2D eigenvalue weighted by atomic mass is 32.2. The van der Waals surface area contributed by atoms with Crippen molar-refractivity contribution in [1.82, 2.24) is 5.32 Å². The van der Waals surface area contributed by atoms with E-state index in [0.717, 1.165) is 11.6 Å². The molecule has 0 fully saturated rings. The molecule has 0 radical (unpaired) electrons. The minimum Gasteiger partial charge on any atom is -0.467 e. The lowest BCUT2D eigenvalue weighted by molar-refractivity contribution is -0.142. The largest absolute Gasteiger partial charge is 0.467 e. The number of nitrogens with one attached hydrogen (secondary N) is 1. The van der Waals surface area contributed by atoms with E-state index in [4.69, 9.17) is 0 Å². The van der Waals surface area contributed by atoms with Gasteiger partial charge in [-0.25, -0.2) is 4.79 Å². The molecule has 4 nitrogen and oxygen atoms in total. The van der Waals surface area contributed by atoms with E-state index >= 15 is 0 Å². The molecule has 3 atom stereocenters. The SMILES string of the molecule is COC(=O)C(C)NC1=NC(C)CC(C)S1. The summed E-state index contributed by atoms with van der Waals surface area (Å²) in [5, 5.41) is 4.46. The third-order valence-corrected chi connectivity index (χ3v) is 3.26. The molecule has 1 aliphatic heterocycles. The standard InChI is InChI=1S/C10H18N2O2S/c1-6-5-7(2)15-10(11-6)12-8(3)9(13)14-4/h6-8H,5H2,1-4H3,(H,11,12). The second kappa shape index (κ2) is 5.39. The highest BCUT2D eigenvalue weighted by molar-refractivity contribution is 8.14. The van der Waals surface area contributed by atoms with E-state index in [0.29, 0.717) is 11.3 Å². The lowest BCUT2D eigenvalue weighted by Gasteiger charge is -2.24. The molecule has 1 rings (SSSR count). The molecule has 0 amide bonds. The van der Waals surface area contributed by atoms with Crippen LogP contribution in [0.4, 0.5) is 0 Å². The van der Waals surface area contributed by atoms with Crippen molar-refractivity contribution in [2.75, 3.05) is 7.11 Å². The highest BCUT2D eigenvalue weighted by Crippen LogP contribution is 2.23. The Hall–Kier alpha value is -0.710. The fourth-order valence-corrected chi connectivity index (χ4v) is 2.74. The quantitative estimate of drug-likeness (QED) is 0.729. The van der Waals surface area contributed by atoms with E-state index in [1.807, 2.05) is 0 Å². The number of ether oxygens (including phenoxy) is 1. The third-order valence-electron chi connectivity index (χ3n) is 2.22. The van der Waals surface area contributed by atoms with Crippen LogP contribution in [0.15, 0.2) is 4.99 Å². The minimum atomic E-state index is -0.334. The zero-order valence-corrected chi connectivity index (χ0v) is 10.4. The number of rotatable bonds is 2. The van der Waals surface area contributed by atoms with Crippen molar-refractivity contribution >= 4 is 22.9 Å². The first kappa shape index (κ1) is 12.4. The van der Waals surface area contributed by atoms with E-state index in [2.05, 4.69) is 28.9 Å². The third kappa shape index (κ3) is 3.74. The van der Waals surface area contributed by atoms with Gasteiger partial charge in [-0.2, -0.15) is 0 Å². The molecule has 1 aliphatic rings. The number of thioether (sulfide) groups is 1. The van der Waals surface area contributed by atoms with Crippen molar-refractivity contribution in [3.05, 3.63) is 0 Å². The van der Waals surface area contributed by atoms with Crippen molar-refractivity contribution in [2.24, 2.45) is 4.99 Å². The van der Waals surface area contributed by atoms with Crippen molar-refractivity contribution in [3.63, 3.8) is 0 Å². The molecule has 15 heavy (non-hydrogen) atoms. The van der Waals surface area contributed by atoms with Crippen LogP contribution in [0.2, 0.25) is 0 Å². The number of esters is 1. The number of nitrogens with zero attached hydrogens (tertiary/aromatic N) is 1. The van der Waals surface area contributed by atoms with Gasteiger partial charge in [0.1, 0.15) is 6.04 Å². The molecular weight excluding hydrogens is 212 g/mol. The maximum absolute atomic E-state index is 11.2. The highest BCUT2D eigenvalue weighted by Gasteiger charge is 2.21. The number of aliphatic imine (C=N–C) groups is 1. The Morgan fingerprint density at radius 3 is 2.87 bits per heavy atom. The van der Waals surface area contributed by atoms with Gasteiger partial charge in [0.25, 0.3) is 0 Å². The van der Waals surface area contributed by atoms with Crippen LogP contribution in [0.25, 0.3) is 0 Å². The molecule has 0 aromatic heterocycles. The molecule has 0 aliphatic carbocycles. The molecule has 1 N–H and O–H groups in total. The summed E-state index contributed by atoms with van der Waals surface area (Å²) in [4.78, 5) is 15.6. The number of carbonyl (C=O) groups excluding carboxylic acids is 1. The van der Waals surface area contributed by atoms with E-state index < -0.39 is 0 Å². The molecule has 0 aromatic carbocycles. The molecule has 0 saturated heterocycles. The van der Waals surface area contributed by atoms with Gasteiger partial charge in [0.2, 0.25) is 0 Å². The Morgan fingerprint density at radius 2 is 2.33 bits per heavy atom. The average Bonchev–Trinajstić information content (AvgIpc) is 2.14. The van der Waals surface area contributed by atoms with Crippen molar-refractivity contribution in [1.29, 1.82) is 0 Å². The average molecular weight is 230 g/mol. The number of methoxy groups -OCH3 is 1. The lowest BCUT2D eigenvalue weighted by Crippen LogP contribution is -2.40. The van der Waals surface area contributed by atoms with Gasteiger partial charge in [0.05, 0.1) is 13.2 Å². The molecule has 0 spiro atoms. The Morgan fingerprint density at radius 1 is 1.67 bits per heavy atom. The molecule has 86 valence electrons. The molecule has 0 aromatic rings. The molecule has 3 unspecified atom stereocenters. The summed E-state index contributed by atoms with van der Waals surface area (Å²) in [6, 6.07) is -0.00709. The van der Waals surface area contributed by atoms with E-state index in [9.17, 15) is 4.79 Å². The van der Waals surface area contributed by atoms with Crippen molar-refractivity contribution in [3.8, 4) is 0 Å². The second-order valence-electron chi connectivity index (χ2n) is 3.84. The first-order chi connectivity index (χ1) is 7.02. The first-order valence-corrected chi connectivity index (χ1v) is 5.99. The van der Waals surface area contributed by atoms with Crippen LogP contribution in [0, 0.1) is 0 Å². The molecule has 0 bridgehead atoms. The summed E-state index contributed by atoms with van der Waals surface area (Å²) in [6.07, 6.45) is 1.09. The number of carbonyl (C=O) groups is 1. The lowest BCUT2D eigenvalue weighted by atomic mass is 10.2. The summed E-state index contributed by atoms with van der Waals surface area (Å²) < 4.78 is 4.64. The van der Waals surface area contributed by atoms with Crippen LogP contribution in [0.5, 0.6) is 0 Å². The summed E-state index contributed by atoms with van der Waals surface area (Å²) in [5.41, 5.74) is 0. The van der Waals surface area contributed by atoms with Crippen LogP contribution in [0.3, 0.4) is 0 Å². The molecule has 1 heterocycles. The summed E-state index contributed by atoms with van der Waals surface area (Å²) >= 11 is 1.68. The van der Waals surface area contributed by atoms with Gasteiger partial charge in [-0.1, -0.05) is 18.7 Å². The van der Waals surface area contributed by atoms with Gasteiger partial charge in [-0.3, -0.25) is 4.99 Å². The van der Waals surface area contributed by atoms with Crippen LogP contribution in [-0.2, 0) is 9.53 Å². The number of amidine groups is 1. The van der Waals surface area contributed by atoms with Gasteiger partial charge >= 0.3 is 5.97 Å². The molecule has 5 heteroatoms. The maximum atomic E-state index is 11.2. The summed E-state index contributed by atoms with van der Waals surface area (Å²) in [5.74, 6) is -0.260. The summed E-state index contributed by atoms with van der Waals surface area (Å²) in [7, 11) is 1.39. The monoisotopic (exact) mass is 230 g/mol. The Balaban J connectivity index is 2.54. The zero-order chi connectivity index (χ0) is 11.4. The van der Waals surface area contributed by atoms with Crippen molar-refractivity contribution in [2.45, 2.75) is 44.5 Å². The first-order valence-electron chi connectivity index (χ1n) is 5.11. The Kier molecular flexibility index (Phi) is 4.45. The topological polar surface area (TPSA) is 50.7 Å². The van der Waals surface area contributed by atoms with Crippen LogP contribution in [-0.4, -0.2) is 35.6 Å². The molecule has 0 saturated carbocycles. The summed E-state index contributed by atoms with van der Waals surface area (Å²) in [6.45, 7) is 6.03. The maximum Gasteiger partial charge on any atom is 0.328 e. The Bertz CT molecular complexity index is 268. The zero-order valence-electron chi connectivity index (χ0n) is 9.61. The number of hydrogen-bond donors (Lipinski definition) is 1. The fourth-order valence-electron chi connectivity index (χ4n) is 1.49. The van der Waals surface area contributed by atoms with Gasteiger partial charge in [-0.15, -0.1) is 0 Å². The van der Waals surface area contributed by atoms with Crippen LogP contribution >= 0.6 is 11.8 Å². The van der Waals surface area contributed by atoms with Gasteiger partial charge in [-0.05, 0) is 20.3 Å². The molecular formula is C10H18N2O2S. The predicted molar refractivity (Wildman–Crippen MR) is 63.2 cm³/mol. The van der Waals surface area contributed by atoms with Gasteiger partial charge in [0.15, 0.2) is 5.17 Å². The normalized spacial score (nSPS) is 27.9. The van der Waals surface area contributed by atoms with Crippen LogP contribution in [0.1, 0.15) is 27.2 Å². The smallest absolute Gasteiger partial charge is 0.328 e. The second-order valence-corrected chi connectivity index (χ2v) is 5.26.